The van der Waals surface area contributed by atoms with Crippen LogP contribution in [0.15, 0.2) is 29.4 Å². The zero-order valence-corrected chi connectivity index (χ0v) is 13.2. The maximum atomic E-state index is 4.61. The summed E-state index contributed by atoms with van der Waals surface area (Å²) in [7, 11) is 1.97. The number of rotatable bonds is 5. The van der Waals surface area contributed by atoms with Crippen LogP contribution in [-0.4, -0.2) is 22.2 Å². The normalized spacial score (nSPS) is 12.5. The lowest BCUT2D eigenvalue weighted by atomic mass is 10.1. The van der Waals surface area contributed by atoms with Crippen LogP contribution in [0.1, 0.15) is 33.5 Å². The van der Waals surface area contributed by atoms with Crippen LogP contribution in [0.4, 0.5) is 0 Å². The molecule has 1 N–H and O–H groups in total. The monoisotopic (exact) mass is 277 g/mol. The third kappa shape index (κ3) is 2.95. The van der Waals surface area contributed by atoms with Crippen LogP contribution in [0, 0.1) is 5.92 Å². The van der Waals surface area contributed by atoms with Gasteiger partial charge in [-0.15, -0.1) is 11.8 Å². The molecule has 19 heavy (non-hydrogen) atoms. The van der Waals surface area contributed by atoms with Gasteiger partial charge < -0.3 is 9.72 Å². The second-order valence-electron chi connectivity index (χ2n) is 5.79. The highest BCUT2D eigenvalue weighted by atomic mass is 32.2. The molecule has 0 aromatic carbocycles. The van der Waals surface area contributed by atoms with E-state index in [-0.39, 0.29) is 5.54 Å². The lowest BCUT2D eigenvalue weighted by Gasteiger charge is -2.22. The first-order valence-electron chi connectivity index (χ1n) is 6.74. The van der Waals surface area contributed by atoms with Crippen LogP contribution >= 0.6 is 11.8 Å². The summed E-state index contributed by atoms with van der Waals surface area (Å²) < 4.78 is 2.19. The zero-order valence-electron chi connectivity index (χ0n) is 12.4. The second-order valence-corrected chi connectivity index (χ2v) is 6.85. The molecule has 0 saturated heterocycles. The first-order valence-corrected chi connectivity index (χ1v) is 7.72. The predicted molar refractivity (Wildman–Crippen MR) is 82.8 cm³/mol. The summed E-state index contributed by atoms with van der Waals surface area (Å²) in [6.45, 7) is 8.80. The van der Waals surface area contributed by atoms with E-state index >= 15 is 0 Å². The zero-order chi connectivity index (χ0) is 14.0. The Labute approximate surface area is 119 Å². The number of pyridine rings is 1. The number of nitrogens with zero attached hydrogens (tertiary/aromatic N) is 2. The van der Waals surface area contributed by atoms with E-state index in [9.17, 15) is 0 Å². The molecule has 0 unspecified atom stereocenters. The van der Waals surface area contributed by atoms with Crippen molar-refractivity contribution >= 4 is 17.3 Å². The molecular weight excluding hydrogens is 254 g/mol. The topological polar surface area (TPSA) is 29.3 Å². The second kappa shape index (κ2) is 5.55. The van der Waals surface area contributed by atoms with Gasteiger partial charge in [-0.1, -0.05) is 13.8 Å². The van der Waals surface area contributed by atoms with Gasteiger partial charge in [0.2, 0.25) is 0 Å². The van der Waals surface area contributed by atoms with E-state index in [0.717, 1.165) is 11.6 Å². The Balaban J connectivity index is 2.42. The average Bonchev–Trinajstić information content (AvgIpc) is 2.81. The molecule has 2 rings (SSSR count). The molecule has 0 spiro atoms. The Hall–Kier alpha value is -1.00. The molecule has 0 atom stereocenters. The van der Waals surface area contributed by atoms with Crippen molar-refractivity contribution in [1.82, 2.24) is 14.7 Å². The molecule has 0 radical (unpaired) electrons. The van der Waals surface area contributed by atoms with Gasteiger partial charge in [0.15, 0.2) is 0 Å². The van der Waals surface area contributed by atoms with Gasteiger partial charge in [-0.05, 0) is 38.9 Å². The molecule has 2 aromatic rings. The number of nitrogens with one attached hydrogen (secondary N) is 1. The fraction of sp³-hybridized carbons (Fsp3) is 0.533. The van der Waals surface area contributed by atoms with E-state index in [0.29, 0.717) is 5.92 Å². The first kappa shape index (κ1) is 14.4. The highest BCUT2D eigenvalue weighted by molar-refractivity contribution is 7.99. The molecule has 4 heteroatoms. The first-order chi connectivity index (χ1) is 8.95. The number of thioether (sulfide) groups is 1. The standard InChI is InChI=1S/C15H23N3S/c1-11(2)10-19-13-7-6-8-18-12(13)9-17-14(18)15(3,4)16-5/h6-9,11,16H,10H2,1-5H3. The number of imidazole rings is 1. The van der Waals surface area contributed by atoms with Gasteiger partial charge in [0.05, 0.1) is 17.3 Å². The smallest absolute Gasteiger partial charge is 0.133 e. The minimum atomic E-state index is -0.131. The summed E-state index contributed by atoms with van der Waals surface area (Å²) >= 11 is 1.91. The summed E-state index contributed by atoms with van der Waals surface area (Å²) in [5.74, 6) is 2.88. The summed E-state index contributed by atoms with van der Waals surface area (Å²) in [4.78, 5) is 5.92. The molecule has 3 nitrogen and oxygen atoms in total. The van der Waals surface area contributed by atoms with E-state index in [2.05, 4.69) is 60.7 Å². The van der Waals surface area contributed by atoms with E-state index in [4.69, 9.17) is 0 Å². The van der Waals surface area contributed by atoms with Crippen LogP contribution in [0.25, 0.3) is 5.52 Å². The van der Waals surface area contributed by atoms with Crippen molar-refractivity contribution in [2.75, 3.05) is 12.8 Å². The number of hydrogen-bond donors (Lipinski definition) is 1. The summed E-state index contributed by atoms with van der Waals surface area (Å²) in [6, 6.07) is 4.28. The Morgan fingerprint density at radius 2 is 2.16 bits per heavy atom. The van der Waals surface area contributed by atoms with E-state index < -0.39 is 0 Å². The van der Waals surface area contributed by atoms with Gasteiger partial charge in [-0.3, -0.25) is 0 Å². The molecule has 0 amide bonds. The van der Waals surface area contributed by atoms with Crippen molar-refractivity contribution < 1.29 is 0 Å². The highest BCUT2D eigenvalue weighted by Gasteiger charge is 2.23. The van der Waals surface area contributed by atoms with Crippen LogP contribution < -0.4 is 5.32 Å². The Morgan fingerprint density at radius 3 is 2.79 bits per heavy atom. The van der Waals surface area contributed by atoms with E-state index in [1.807, 2.05) is 25.0 Å². The van der Waals surface area contributed by atoms with Gasteiger partial charge >= 0.3 is 0 Å². The predicted octanol–water partition coefficient (Wildman–Crippen LogP) is 3.54. The third-order valence-corrected chi connectivity index (χ3v) is 4.78. The molecule has 0 saturated carbocycles. The molecule has 0 fully saturated rings. The molecule has 0 aliphatic rings. The van der Waals surface area contributed by atoms with Gasteiger partial charge in [0.25, 0.3) is 0 Å². The SMILES string of the molecule is CNC(C)(C)c1ncc2c(SCC(C)C)cccn12. The largest absolute Gasteiger partial charge is 0.308 e. The Kier molecular flexibility index (Phi) is 4.21. The summed E-state index contributed by atoms with van der Waals surface area (Å²) in [5.41, 5.74) is 1.07. The lowest BCUT2D eigenvalue weighted by Crippen LogP contribution is -2.35. The summed E-state index contributed by atoms with van der Waals surface area (Å²) in [6.07, 6.45) is 4.08. The minimum Gasteiger partial charge on any atom is -0.308 e. The molecule has 2 heterocycles. The molecule has 2 aromatic heterocycles. The van der Waals surface area contributed by atoms with Gasteiger partial charge in [-0.2, -0.15) is 0 Å². The third-order valence-electron chi connectivity index (χ3n) is 3.29. The van der Waals surface area contributed by atoms with E-state index in [1.54, 1.807) is 0 Å². The molecular formula is C15H23N3S. The van der Waals surface area contributed by atoms with Gasteiger partial charge in [-0.25, -0.2) is 4.98 Å². The maximum Gasteiger partial charge on any atom is 0.133 e. The van der Waals surface area contributed by atoms with Crippen LogP contribution in [-0.2, 0) is 5.54 Å². The van der Waals surface area contributed by atoms with Crippen LogP contribution in [0.2, 0.25) is 0 Å². The van der Waals surface area contributed by atoms with Gasteiger partial charge in [0.1, 0.15) is 5.82 Å². The Morgan fingerprint density at radius 1 is 1.42 bits per heavy atom. The highest BCUT2D eigenvalue weighted by Crippen LogP contribution is 2.28. The fourth-order valence-electron chi connectivity index (χ4n) is 1.95. The lowest BCUT2D eigenvalue weighted by molar-refractivity contribution is 0.415. The average molecular weight is 277 g/mol. The van der Waals surface area contributed by atoms with Crippen molar-refractivity contribution in [3.8, 4) is 0 Å². The van der Waals surface area contributed by atoms with Crippen molar-refractivity contribution in [3.63, 3.8) is 0 Å². The summed E-state index contributed by atoms with van der Waals surface area (Å²) in [5, 5.41) is 3.32. The fourth-order valence-corrected chi connectivity index (χ4v) is 2.94. The van der Waals surface area contributed by atoms with Gasteiger partial charge in [0, 0.05) is 16.8 Å². The Bertz CT molecular complexity index is 558. The quantitative estimate of drug-likeness (QED) is 0.848. The van der Waals surface area contributed by atoms with Crippen molar-refractivity contribution in [2.45, 2.75) is 38.1 Å². The number of hydrogen-bond acceptors (Lipinski definition) is 3. The van der Waals surface area contributed by atoms with Crippen molar-refractivity contribution in [2.24, 2.45) is 5.92 Å². The number of aromatic nitrogens is 2. The van der Waals surface area contributed by atoms with Crippen molar-refractivity contribution in [1.29, 1.82) is 0 Å². The van der Waals surface area contributed by atoms with Crippen molar-refractivity contribution in [3.05, 3.63) is 30.4 Å². The maximum absolute atomic E-state index is 4.61. The molecule has 0 aliphatic heterocycles. The minimum absolute atomic E-state index is 0.131. The van der Waals surface area contributed by atoms with Crippen LogP contribution in [0.3, 0.4) is 0 Å². The molecule has 0 bridgehead atoms. The van der Waals surface area contributed by atoms with E-state index in [1.165, 1.54) is 10.4 Å². The van der Waals surface area contributed by atoms with Crippen LogP contribution in [0.5, 0.6) is 0 Å². The number of fused-ring (bicyclic) bond motifs is 1. The molecule has 0 aliphatic carbocycles. The molecule has 104 valence electrons.